The molecule has 1 spiro atoms. The van der Waals surface area contributed by atoms with E-state index in [1.54, 1.807) is 0 Å². The van der Waals surface area contributed by atoms with Crippen LogP contribution in [0.25, 0.3) is 0 Å². The van der Waals surface area contributed by atoms with Gasteiger partial charge in [-0.25, -0.2) is 0 Å². The molecule has 4 rings (SSSR count). The number of rotatable bonds is 2. The third-order valence-corrected chi connectivity index (χ3v) is 6.01. The average molecular weight is 336 g/mol. The van der Waals surface area contributed by atoms with Crippen molar-refractivity contribution in [3.8, 4) is 0 Å². The summed E-state index contributed by atoms with van der Waals surface area (Å²) in [5.74, 6) is 1.47. The second-order valence-electron chi connectivity index (χ2n) is 7.24. The van der Waals surface area contributed by atoms with Gasteiger partial charge < -0.3 is 9.80 Å². The molecular weight excluding hydrogens is 312 g/mol. The van der Waals surface area contributed by atoms with E-state index in [-0.39, 0.29) is 17.4 Å². The fraction of sp³-hybridized carbons (Fsp3) is 0.450. The summed E-state index contributed by atoms with van der Waals surface area (Å²) in [6.45, 7) is 3.75. The van der Waals surface area contributed by atoms with Gasteiger partial charge in [0.05, 0.1) is 11.2 Å². The van der Waals surface area contributed by atoms with Crippen LogP contribution in [0.5, 0.6) is 0 Å². The van der Waals surface area contributed by atoms with Gasteiger partial charge in [-0.2, -0.15) is 5.10 Å². The molecule has 1 amide bonds. The Hall–Kier alpha value is -2.43. The number of likely N-dealkylation sites (tertiary alicyclic amines) is 1. The molecule has 0 saturated carbocycles. The largest absolute Gasteiger partial charge is 0.355 e. The monoisotopic (exact) mass is 336 g/mol. The highest BCUT2D eigenvalue weighted by Crippen LogP contribution is 2.48. The molecule has 0 unspecified atom stereocenters. The van der Waals surface area contributed by atoms with Gasteiger partial charge in [0.25, 0.3) is 0 Å². The van der Waals surface area contributed by atoms with Gasteiger partial charge in [0.2, 0.25) is 5.91 Å². The third kappa shape index (κ3) is 2.68. The molecule has 1 aromatic carbocycles. The first kappa shape index (κ1) is 16.1. The zero-order chi connectivity index (χ0) is 17.4. The number of hydrogen-bond donors (Lipinski definition) is 0. The van der Waals surface area contributed by atoms with E-state index >= 15 is 0 Å². The van der Waals surface area contributed by atoms with Crippen molar-refractivity contribution in [1.82, 2.24) is 15.1 Å². The minimum atomic E-state index is -0.0763. The smallest absolute Gasteiger partial charge is 0.223 e. The molecule has 2 aliphatic heterocycles. The average Bonchev–Trinajstić information content (AvgIpc) is 2.89. The van der Waals surface area contributed by atoms with Crippen LogP contribution in [0, 0.1) is 6.92 Å². The van der Waals surface area contributed by atoms with Crippen LogP contribution in [0.3, 0.4) is 0 Å². The van der Waals surface area contributed by atoms with Gasteiger partial charge >= 0.3 is 0 Å². The molecule has 25 heavy (non-hydrogen) atoms. The molecule has 130 valence electrons. The van der Waals surface area contributed by atoms with Crippen molar-refractivity contribution in [1.29, 1.82) is 0 Å². The number of nitrogens with zero attached hydrogens (tertiary/aromatic N) is 4. The Morgan fingerprint density at radius 2 is 1.76 bits per heavy atom. The molecule has 1 atom stereocenters. The first-order chi connectivity index (χ1) is 12.1. The fourth-order valence-electron chi connectivity index (χ4n) is 4.46. The van der Waals surface area contributed by atoms with E-state index in [0.29, 0.717) is 6.42 Å². The summed E-state index contributed by atoms with van der Waals surface area (Å²) in [5.41, 5.74) is 2.14. The number of carbonyl (C=O) groups excluding carboxylic acids is 1. The van der Waals surface area contributed by atoms with Crippen LogP contribution in [-0.2, 0) is 4.79 Å². The summed E-state index contributed by atoms with van der Waals surface area (Å²) in [4.78, 5) is 16.8. The minimum absolute atomic E-state index is 0.0763. The van der Waals surface area contributed by atoms with Crippen molar-refractivity contribution in [2.75, 3.05) is 25.0 Å². The first-order valence-electron chi connectivity index (χ1n) is 8.97. The molecule has 0 N–H and O–H groups in total. The van der Waals surface area contributed by atoms with E-state index in [2.05, 4.69) is 39.4 Å². The molecule has 3 heterocycles. The van der Waals surface area contributed by atoms with Gasteiger partial charge in [-0.1, -0.05) is 30.3 Å². The summed E-state index contributed by atoms with van der Waals surface area (Å²) >= 11 is 0. The molecular formula is C20H24N4O. The highest BCUT2D eigenvalue weighted by molar-refractivity contribution is 5.81. The normalized spacial score (nSPS) is 22.6. The quantitative estimate of drug-likeness (QED) is 0.846. The van der Waals surface area contributed by atoms with E-state index in [0.717, 1.165) is 37.4 Å². The fourth-order valence-corrected chi connectivity index (χ4v) is 4.46. The van der Waals surface area contributed by atoms with Crippen LogP contribution in [0.2, 0.25) is 0 Å². The van der Waals surface area contributed by atoms with Gasteiger partial charge in [-0.05, 0) is 37.5 Å². The minimum Gasteiger partial charge on any atom is -0.355 e. The molecule has 5 heteroatoms. The predicted octanol–water partition coefficient (Wildman–Crippen LogP) is 2.77. The number of anilines is 1. The summed E-state index contributed by atoms with van der Waals surface area (Å²) in [6, 6.07) is 14.6. The van der Waals surface area contributed by atoms with Crippen LogP contribution in [-0.4, -0.2) is 46.7 Å². The zero-order valence-corrected chi connectivity index (χ0v) is 14.9. The number of aryl methyl sites for hydroxylation is 1. The number of likely N-dealkylation sites (N-methyl/N-ethyl adjacent to an activating group) is 1. The Balaban J connectivity index is 1.58. The molecule has 2 saturated heterocycles. The number of hydrogen-bond acceptors (Lipinski definition) is 4. The lowest BCUT2D eigenvalue weighted by Crippen LogP contribution is -2.54. The van der Waals surface area contributed by atoms with E-state index in [4.69, 9.17) is 0 Å². The third-order valence-electron chi connectivity index (χ3n) is 6.01. The van der Waals surface area contributed by atoms with Crippen molar-refractivity contribution in [3.63, 3.8) is 0 Å². The van der Waals surface area contributed by atoms with E-state index in [1.165, 1.54) is 5.56 Å². The van der Waals surface area contributed by atoms with Crippen LogP contribution in [0.4, 0.5) is 5.82 Å². The van der Waals surface area contributed by atoms with E-state index < -0.39 is 0 Å². The molecule has 5 nitrogen and oxygen atoms in total. The lowest BCUT2D eigenvalue weighted by molar-refractivity contribution is -0.130. The Bertz CT molecular complexity index is 751. The SMILES string of the molecule is Cc1ccc(N2CCC3(CC2)[C@@H](c2ccccc2)CC(=O)N3C)nn1. The number of aromatic nitrogens is 2. The molecule has 0 aliphatic carbocycles. The van der Waals surface area contributed by atoms with Crippen molar-refractivity contribution >= 4 is 11.7 Å². The summed E-state index contributed by atoms with van der Waals surface area (Å²) in [6.07, 6.45) is 2.54. The van der Waals surface area contributed by atoms with Gasteiger partial charge in [0.1, 0.15) is 0 Å². The van der Waals surface area contributed by atoms with Crippen LogP contribution >= 0.6 is 0 Å². The maximum atomic E-state index is 12.5. The van der Waals surface area contributed by atoms with Gasteiger partial charge in [-0.3, -0.25) is 4.79 Å². The Kier molecular flexibility index (Phi) is 3.94. The number of piperidine rings is 1. The molecule has 0 bridgehead atoms. The highest BCUT2D eigenvalue weighted by Gasteiger charge is 2.52. The Labute approximate surface area is 148 Å². The maximum absolute atomic E-state index is 12.5. The molecule has 2 aromatic rings. The summed E-state index contributed by atoms with van der Waals surface area (Å²) in [5, 5.41) is 8.50. The highest BCUT2D eigenvalue weighted by atomic mass is 16.2. The van der Waals surface area contributed by atoms with Gasteiger partial charge in [-0.15, -0.1) is 5.10 Å². The van der Waals surface area contributed by atoms with Crippen LogP contribution < -0.4 is 4.90 Å². The second-order valence-corrected chi connectivity index (χ2v) is 7.24. The molecule has 2 fully saturated rings. The Morgan fingerprint density at radius 1 is 1.04 bits per heavy atom. The van der Waals surface area contributed by atoms with E-state index in [1.807, 2.05) is 37.1 Å². The topological polar surface area (TPSA) is 49.3 Å². The lowest BCUT2D eigenvalue weighted by atomic mass is 9.74. The van der Waals surface area contributed by atoms with Crippen molar-refractivity contribution in [2.45, 2.75) is 37.6 Å². The Morgan fingerprint density at radius 3 is 2.40 bits per heavy atom. The van der Waals surface area contributed by atoms with Gasteiger partial charge in [0, 0.05) is 32.5 Å². The van der Waals surface area contributed by atoms with Crippen molar-refractivity contribution in [2.24, 2.45) is 0 Å². The number of benzene rings is 1. The summed E-state index contributed by atoms with van der Waals surface area (Å²) < 4.78 is 0. The van der Waals surface area contributed by atoms with Crippen molar-refractivity contribution < 1.29 is 4.79 Å². The number of carbonyl (C=O) groups is 1. The standard InChI is InChI=1S/C20H24N4O/c1-15-8-9-18(22-21-15)24-12-10-20(11-13-24)17(14-19(25)23(20)2)16-6-4-3-5-7-16/h3-9,17H,10-14H2,1-2H3/t17-/m1/s1. The molecule has 2 aliphatic rings. The summed E-state index contributed by atoms with van der Waals surface area (Å²) in [7, 11) is 1.98. The van der Waals surface area contributed by atoms with Crippen LogP contribution in [0.1, 0.15) is 36.4 Å². The lowest BCUT2D eigenvalue weighted by Gasteiger charge is -2.47. The molecule has 1 aromatic heterocycles. The second kappa shape index (κ2) is 6.14. The zero-order valence-electron chi connectivity index (χ0n) is 14.9. The van der Waals surface area contributed by atoms with Crippen LogP contribution in [0.15, 0.2) is 42.5 Å². The predicted molar refractivity (Wildman–Crippen MR) is 97.5 cm³/mol. The van der Waals surface area contributed by atoms with Crippen molar-refractivity contribution in [3.05, 3.63) is 53.7 Å². The number of amides is 1. The van der Waals surface area contributed by atoms with E-state index in [9.17, 15) is 4.79 Å². The molecule has 0 radical (unpaired) electrons. The van der Waals surface area contributed by atoms with Gasteiger partial charge in [0.15, 0.2) is 5.82 Å². The maximum Gasteiger partial charge on any atom is 0.223 e. The first-order valence-corrected chi connectivity index (χ1v) is 8.97.